The Labute approximate surface area is 112 Å². The quantitative estimate of drug-likeness (QED) is 0.911. The first kappa shape index (κ1) is 13.7. The van der Waals surface area contributed by atoms with Gasteiger partial charge in [0.2, 0.25) is 0 Å². The highest BCUT2D eigenvalue weighted by molar-refractivity contribution is 6.32. The minimum Gasteiger partial charge on any atom is -0.362 e. The van der Waals surface area contributed by atoms with Crippen molar-refractivity contribution in [3.8, 4) is 0 Å². The summed E-state index contributed by atoms with van der Waals surface area (Å²) in [6.45, 7) is 2.14. The normalized spacial score (nSPS) is 11.6. The number of H-pyrrole nitrogens is 1. The third-order valence-electron chi connectivity index (χ3n) is 2.35. The Morgan fingerprint density at radius 3 is 2.58 bits per heavy atom. The number of hydrogen-bond donors (Lipinski definition) is 2. The molecule has 2 aromatic rings. The van der Waals surface area contributed by atoms with Gasteiger partial charge in [0.25, 0.3) is 0 Å². The molecule has 102 valence electrons. The Morgan fingerprint density at radius 1 is 1.32 bits per heavy atom. The highest BCUT2D eigenvalue weighted by Gasteiger charge is 2.31. The van der Waals surface area contributed by atoms with Crippen LogP contribution in [0.4, 0.5) is 19.0 Å². The number of anilines is 1. The fourth-order valence-corrected chi connectivity index (χ4v) is 1.68. The van der Waals surface area contributed by atoms with Crippen molar-refractivity contribution in [1.82, 2.24) is 15.0 Å². The molecule has 0 spiro atoms. The van der Waals surface area contributed by atoms with E-state index < -0.39 is 11.7 Å². The summed E-state index contributed by atoms with van der Waals surface area (Å²) in [6, 6.07) is 0.838. The van der Waals surface area contributed by atoms with E-state index in [1.165, 1.54) is 0 Å². The summed E-state index contributed by atoms with van der Waals surface area (Å²) in [5.74, 6) is 0.832. The van der Waals surface area contributed by atoms with Crippen LogP contribution in [0.15, 0.2) is 18.5 Å². The van der Waals surface area contributed by atoms with Crippen LogP contribution in [0.3, 0.4) is 0 Å². The topological polar surface area (TPSA) is 53.6 Å². The molecule has 0 fully saturated rings. The number of alkyl halides is 3. The maximum absolute atomic E-state index is 12.4. The molecule has 8 heteroatoms. The molecule has 0 saturated heterocycles. The van der Waals surface area contributed by atoms with Gasteiger partial charge in [0.05, 0.1) is 17.1 Å². The fourth-order valence-electron chi connectivity index (χ4n) is 1.45. The number of halogens is 4. The van der Waals surface area contributed by atoms with Crippen molar-refractivity contribution in [3.63, 3.8) is 0 Å². The van der Waals surface area contributed by atoms with E-state index in [2.05, 4.69) is 20.3 Å². The number of nitrogens with one attached hydrogen (secondary N) is 2. The maximum Gasteiger partial charge on any atom is 0.417 e. The molecular weight excluding hydrogens is 281 g/mol. The number of nitrogens with zero attached hydrogens (tertiary/aromatic N) is 2. The van der Waals surface area contributed by atoms with Crippen LogP contribution in [0.25, 0.3) is 0 Å². The van der Waals surface area contributed by atoms with Crippen molar-refractivity contribution in [1.29, 1.82) is 0 Å². The first-order valence-corrected chi connectivity index (χ1v) is 5.71. The number of pyridine rings is 1. The standard InChI is InChI=1S/C11H10ClF3N4/c1-6-3-16-9(19-6)5-18-10-8(12)2-7(4-17-10)11(13,14)15/h2-4H,5H2,1H3,(H,16,19)(H,17,18). The van der Waals surface area contributed by atoms with E-state index in [1.807, 2.05) is 6.92 Å². The molecular formula is C11H10ClF3N4. The Kier molecular flexibility index (Phi) is 3.66. The Hall–Kier alpha value is -1.76. The summed E-state index contributed by atoms with van der Waals surface area (Å²) in [4.78, 5) is 10.7. The van der Waals surface area contributed by atoms with Gasteiger partial charge in [-0.2, -0.15) is 13.2 Å². The Morgan fingerprint density at radius 2 is 2.05 bits per heavy atom. The summed E-state index contributed by atoms with van der Waals surface area (Å²) in [5, 5.41) is 2.73. The Balaban J connectivity index is 2.09. The zero-order chi connectivity index (χ0) is 14.0. The minimum absolute atomic E-state index is 0.0851. The number of rotatable bonds is 3. The van der Waals surface area contributed by atoms with Gasteiger partial charge in [0, 0.05) is 18.1 Å². The predicted molar refractivity (Wildman–Crippen MR) is 64.9 cm³/mol. The number of aromatic amines is 1. The number of hydrogen-bond acceptors (Lipinski definition) is 3. The summed E-state index contributed by atoms with van der Waals surface area (Å²) in [6.07, 6.45) is -2.06. The lowest BCUT2D eigenvalue weighted by Crippen LogP contribution is -2.08. The second kappa shape index (κ2) is 5.08. The largest absolute Gasteiger partial charge is 0.417 e. The van der Waals surface area contributed by atoms with Gasteiger partial charge in [-0.25, -0.2) is 9.97 Å². The van der Waals surface area contributed by atoms with Gasteiger partial charge in [-0.15, -0.1) is 0 Å². The monoisotopic (exact) mass is 290 g/mol. The second-order valence-corrected chi connectivity index (χ2v) is 4.33. The first-order valence-electron chi connectivity index (χ1n) is 5.33. The van der Waals surface area contributed by atoms with E-state index in [0.29, 0.717) is 12.4 Å². The molecule has 0 aliphatic heterocycles. The Bertz CT molecular complexity index is 580. The SMILES string of the molecule is Cc1cnc(CNc2ncc(C(F)(F)F)cc2Cl)[nH]1. The van der Waals surface area contributed by atoms with Crippen molar-refractivity contribution >= 4 is 17.4 Å². The van der Waals surface area contributed by atoms with Crippen molar-refractivity contribution in [2.75, 3.05) is 5.32 Å². The molecule has 19 heavy (non-hydrogen) atoms. The molecule has 0 saturated carbocycles. The molecule has 2 N–H and O–H groups in total. The summed E-state index contributed by atoms with van der Waals surface area (Å²) >= 11 is 5.75. The van der Waals surface area contributed by atoms with Crippen LogP contribution in [0.5, 0.6) is 0 Å². The van der Waals surface area contributed by atoms with E-state index in [0.717, 1.165) is 18.0 Å². The van der Waals surface area contributed by atoms with E-state index in [-0.39, 0.29) is 10.8 Å². The van der Waals surface area contributed by atoms with Crippen LogP contribution >= 0.6 is 11.6 Å². The predicted octanol–water partition coefficient (Wildman–Crippen LogP) is 3.40. The number of imidazole rings is 1. The average molecular weight is 291 g/mol. The fraction of sp³-hybridized carbons (Fsp3) is 0.273. The van der Waals surface area contributed by atoms with Gasteiger partial charge in [0.15, 0.2) is 0 Å². The van der Waals surface area contributed by atoms with E-state index >= 15 is 0 Å². The lowest BCUT2D eigenvalue weighted by atomic mass is 10.3. The van der Waals surface area contributed by atoms with E-state index in [9.17, 15) is 13.2 Å². The van der Waals surface area contributed by atoms with Gasteiger partial charge >= 0.3 is 6.18 Å². The molecule has 0 aliphatic rings. The summed E-state index contributed by atoms with van der Waals surface area (Å²) in [7, 11) is 0. The molecule has 0 bridgehead atoms. The zero-order valence-electron chi connectivity index (χ0n) is 9.85. The highest BCUT2D eigenvalue weighted by atomic mass is 35.5. The van der Waals surface area contributed by atoms with E-state index in [1.54, 1.807) is 6.20 Å². The van der Waals surface area contributed by atoms with Crippen molar-refractivity contribution < 1.29 is 13.2 Å². The number of aromatic nitrogens is 3. The van der Waals surface area contributed by atoms with Gasteiger partial charge in [-0.05, 0) is 13.0 Å². The van der Waals surface area contributed by atoms with Crippen molar-refractivity contribution in [3.05, 3.63) is 40.6 Å². The van der Waals surface area contributed by atoms with Crippen LogP contribution in [-0.4, -0.2) is 15.0 Å². The first-order chi connectivity index (χ1) is 8.86. The van der Waals surface area contributed by atoms with Crippen LogP contribution < -0.4 is 5.32 Å². The van der Waals surface area contributed by atoms with Gasteiger partial charge < -0.3 is 10.3 Å². The molecule has 2 aromatic heterocycles. The highest BCUT2D eigenvalue weighted by Crippen LogP contribution is 2.32. The minimum atomic E-state index is -4.45. The molecule has 0 amide bonds. The molecule has 0 atom stereocenters. The molecule has 0 unspecified atom stereocenters. The molecule has 2 rings (SSSR count). The molecule has 2 heterocycles. The van der Waals surface area contributed by atoms with Crippen LogP contribution in [0.2, 0.25) is 5.02 Å². The molecule has 0 aliphatic carbocycles. The van der Waals surface area contributed by atoms with Crippen molar-refractivity contribution in [2.45, 2.75) is 19.6 Å². The van der Waals surface area contributed by atoms with Gasteiger partial charge in [-0.3, -0.25) is 0 Å². The third kappa shape index (κ3) is 3.37. The maximum atomic E-state index is 12.4. The lowest BCUT2D eigenvalue weighted by Gasteiger charge is -2.10. The van der Waals surface area contributed by atoms with Crippen molar-refractivity contribution in [2.24, 2.45) is 0 Å². The third-order valence-corrected chi connectivity index (χ3v) is 2.64. The zero-order valence-corrected chi connectivity index (χ0v) is 10.6. The number of aryl methyl sites for hydroxylation is 1. The molecule has 0 aromatic carbocycles. The summed E-state index contributed by atoms with van der Waals surface area (Å²) < 4.78 is 37.3. The van der Waals surface area contributed by atoms with Gasteiger partial charge in [0.1, 0.15) is 11.6 Å². The van der Waals surface area contributed by atoms with Crippen LogP contribution in [-0.2, 0) is 12.7 Å². The lowest BCUT2D eigenvalue weighted by molar-refractivity contribution is -0.137. The van der Waals surface area contributed by atoms with Gasteiger partial charge in [-0.1, -0.05) is 11.6 Å². The molecule has 4 nitrogen and oxygen atoms in total. The average Bonchev–Trinajstić information content (AvgIpc) is 2.72. The second-order valence-electron chi connectivity index (χ2n) is 3.92. The van der Waals surface area contributed by atoms with Crippen LogP contribution in [0, 0.1) is 6.92 Å². The van der Waals surface area contributed by atoms with Crippen LogP contribution in [0.1, 0.15) is 17.1 Å². The smallest absolute Gasteiger partial charge is 0.362 e. The van der Waals surface area contributed by atoms with E-state index in [4.69, 9.17) is 11.6 Å². The molecule has 0 radical (unpaired) electrons. The summed E-state index contributed by atoms with van der Waals surface area (Å²) in [5.41, 5.74) is 0.0140.